The van der Waals surface area contributed by atoms with Gasteiger partial charge in [-0.25, -0.2) is 0 Å². The molecule has 1 aromatic carbocycles. The predicted octanol–water partition coefficient (Wildman–Crippen LogP) is 2.55. The SMILES string of the molecule is COCCNC1CCN(CCc2ccc(OC)c(C)c2C)CC1. The van der Waals surface area contributed by atoms with Crippen molar-refractivity contribution in [2.24, 2.45) is 0 Å². The molecule has 2 rings (SSSR count). The molecule has 0 aromatic heterocycles. The van der Waals surface area contributed by atoms with E-state index in [9.17, 15) is 0 Å². The number of methoxy groups -OCH3 is 2. The molecule has 4 heteroatoms. The maximum absolute atomic E-state index is 5.40. The van der Waals surface area contributed by atoms with Crippen LogP contribution in [0.2, 0.25) is 0 Å². The van der Waals surface area contributed by atoms with Gasteiger partial charge in [0.05, 0.1) is 13.7 Å². The number of likely N-dealkylation sites (tertiary alicyclic amines) is 1. The molecule has 0 saturated carbocycles. The molecule has 1 heterocycles. The number of nitrogens with one attached hydrogen (secondary N) is 1. The largest absolute Gasteiger partial charge is 0.496 e. The zero-order valence-electron chi connectivity index (χ0n) is 15.2. The van der Waals surface area contributed by atoms with Gasteiger partial charge in [0.2, 0.25) is 0 Å². The van der Waals surface area contributed by atoms with Crippen molar-refractivity contribution >= 4 is 0 Å². The van der Waals surface area contributed by atoms with E-state index in [0.717, 1.165) is 31.9 Å². The van der Waals surface area contributed by atoms with E-state index in [2.05, 4.69) is 36.2 Å². The van der Waals surface area contributed by atoms with Crippen LogP contribution in [0.1, 0.15) is 29.5 Å². The van der Waals surface area contributed by atoms with Gasteiger partial charge in [-0.3, -0.25) is 0 Å². The van der Waals surface area contributed by atoms with Crippen LogP contribution >= 0.6 is 0 Å². The van der Waals surface area contributed by atoms with E-state index < -0.39 is 0 Å². The van der Waals surface area contributed by atoms with Gasteiger partial charge >= 0.3 is 0 Å². The highest BCUT2D eigenvalue weighted by molar-refractivity contribution is 5.43. The molecule has 1 N–H and O–H groups in total. The lowest BCUT2D eigenvalue weighted by atomic mass is 9.99. The van der Waals surface area contributed by atoms with Crippen molar-refractivity contribution in [3.8, 4) is 5.75 Å². The van der Waals surface area contributed by atoms with Crippen molar-refractivity contribution in [2.45, 2.75) is 39.2 Å². The molecule has 0 aliphatic carbocycles. The molecule has 1 saturated heterocycles. The third-order valence-corrected chi connectivity index (χ3v) is 5.09. The quantitative estimate of drug-likeness (QED) is 0.747. The van der Waals surface area contributed by atoms with Crippen molar-refractivity contribution in [3.05, 3.63) is 28.8 Å². The number of nitrogens with zero attached hydrogens (tertiary/aromatic N) is 1. The van der Waals surface area contributed by atoms with Crippen LogP contribution in [-0.4, -0.2) is 57.9 Å². The molecule has 0 bridgehead atoms. The summed E-state index contributed by atoms with van der Waals surface area (Å²) in [4.78, 5) is 2.59. The standard InChI is InChI=1S/C19H32N2O2/c1-15-16(2)19(23-4)6-5-17(15)7-11-21-12-8-18(9-13-21)20-10-14-22-3/h5-6,18,20H,7-14H2,1-4H3. The number of benzene rings is 1. The molecule has 4 nitrogen and oxygen atoms in total. The van der Waals surface area contributed by atoms with E-state index >= 15 is 0 Å². The molecule has 0 radical (unpaired) electrons. The van der Waals surface area contributed by atoms with E-state index in [0.29, 0.717) is 6.04 Å². The Hall–Kier alpha value is -1.10. The van der Waals surface area contributed by atoms with Crippen LogP contribution in [0.15, 0.2) is 12.1 Å². The minimum atomic E-state index is 0.659. The Morgan fingerprint density at radius 2 is 1.87 bits per heavy atom. The minimum Gasteiger partial charge on any atom is -0.496 e. The molecule has 1 fully saturated rings. The van der Waals surface area contributed by atoms with Crippen LogP contribution in [0.5, 0.6) is 5.75 Å². The summed E-state index contributed by atoms with van der Waals surface area (Å²) < 4.78 is 10.5. The fraction of sp³-hybridized carbons (Fsp3) is 0.684. The van der Waals surface area contributed by atoms with Crippen LogP contribution < -0.4 is 10.1 Å². The van der Waals surface area contributed by atoms with Crippen molar-refractivity contribution in [1.29, 1.82) is 0 Å². The van der Waals surface area contributed by atoms with Crippen LogP contribution in [0.4, 0.5) is 0 Å². The first-order valence-corrected chi connectivity index (χ1v) is 8.73. The predicted molar refractivity (Wildman–Crippen MR) is 95.5 cm³/mol. The fourth-order valence-electron chi connectivity index (χ4n) is 3.35. The molecule has 1 aliphatic heterocycles. The summed E-state index contributed by atoms with van der Waals surface area (Å²) in [5.74, 6) is 0.995. The van der Waals surface area contributed by atoms with Gasteiger partial charge < -0.3 is 19.7 Å². The summed E-state index contributed by atoms with van der Waals surface area (Å²) in [6, 6.07) is 4.98. The van der Waals surface area contributed by atoms with Gasteiger partial charge in [-0.1, -0.05) is 6.07 Å². The average Bonchev–Trinajstić information content (AvgIpc) is 2.58. The first kappa shape index (κ1) is 18.2. The highest BCUT2D eigenvalue weighted by atomic mass is 16.5. The smallest absolute Gasteiger partial charge is 0.122 e. The molecule has 130 valence electrons. The van der Waals surface area contributed by atoms with Crippen molar-refractivity contribution in [1.82, 2.24) is 10.2 Å². The maximum atomic E-state index is 5.40. The fourth-order valence-corrected chi connectivity index (χ4v) is 3.35. The first-order chi connectivity index (χ1) is 11.2. The van der Waals surface area contributed by atoms with Crippen LogP contribution in [0, 0.1) is 13.8 Å². The molecule has 0 spiro atoms. The van der Waals surface area contributed by atoms with E-state index in [1.807, 2.05) is 0 Å². The van der Waals surface area contributed by atoms with Crippen molar-refractivity contribution in [2.75, 3.05) is 47.0 Å². The number of rotatable bonds is 8. The second kappa shape index (κ2) is 9.26. The van der Waals surface area contributed by atoms with Gasteiger partial charge in [0.15, 0.2) is 0 Å². The lowest BCUT2D eigenvalue weighted by molar-refractivity contribution is 0.173. The van der Waals surface area contributed by atoms with Gasteiger partial charge in [0, 0.05) is 26.2 Å². The zero-order valence-corrected chi connectivity index (χ0v) is 15.2. The third kappa shape index (κ3) is 5.20. The van der Waals surface area contributed by atoms with Crippen LogP contribution in [0.3, 0.4) is 0 Å². The third-order valence-electron chi connectivity index (χ3n) is 5.09. The second-order valence-electron chi connectivity index (χ2n) is 6.49. The first-order valence-electron chi connectivity index (χ1n) is 8.73. The van der Waals surface area contributed by atoms with Gasteiger partial charge in [-0.15, -0.1) is 0 Å². The van der Waals surface area contributed by atoms with E-state index in [-0.39, 0.29) is 0 Å². The normalized spacial score (nSPS) is 16.7. The second-order valence-corrected chi connectivity index (χ2v) is 6.49. The Balaban J connectivity index is 1.76. The maximum Gasteiger partial charge on any atom is 0.122 e. The Morgan fingerprint density at radius 1 is 1.13 bits per heavy atom. The van der Waals surface area contributed by atoms with Crippen molar-refractivity contribution < 1.29 is 9.47 Å². The summed E-state index contributed by atoms with van der Waals surface area (Å²) in [5.41, 5.74) is 4.09. The van der Waals surface area contributed by atoms with Gasteiger partial charge in [0.1, 0.15) is 5.75 Å². The summed E-state index contributed by atoms with van der Waals surface area (Å²) in [6.07, 6.45) is 3.60. The number of piperidine rings is 1. The zero-order chi connectivity index (χ0) is 16.7. The lowest BCUT2D eigenvalue weighted by Crippen LogP contribution is -2.43. The number of hydrogen-bond acceptors (Lipinski definition) is 4. The summed E-state index contributed by atoms with van der Waals surface area (Å²) in [5, 5.41) is 3.58. The summed E-state index contributed by atoms with van der Waals surface area (Å²) in [6.45, 7) is 9.66. The van der Waals surface area contributed by atoms with E-state index in [1.54, 1.807) is 14.2 Å². The molecule has 1 aromatic rings. The van der Waals surface area contributed by atoms with Crippen molar-refractivity contribution in [3.63, 3.8) is 0 Å². The average molecular weight is 320 g/mol. The molecular weight excluding hydrogens is 288 g/mol. The van der Waals surface area contributed by atoms with Gasteiger partial charge in [-0.05, 0) is 69.0 Å². The minimum absolute atomic E-state index is 0.659. The lowest BCUT2D eigenvalue weighted by Gasteiger charge is -2.32. The summed E-state index contributed by atoms with van der Waals surface area (Å²) >= 11 is 0. The van der Waals surface area contributed by atoms with Crippen LogP contribution in [0.25, 0.3) is 0 Å². The molecule has 1 aliphatic rings. The Morgan fingerprint density at radius 3 is 2.52 bits per heavy atom. The topological polar surface area (TPSA) is 33.7 Å². The summed E-state index contributed by atoms with van der Waals surface area (Å²) in [7, 11) is 3.50. The van der Waals surface area contributed by atoms with E-state index in [1.165, 1.54) is 42.6 Å². The molecule has 23 heavy (non-hydrogen) atoms. The number of hydrogen-bond donors (Lipinski definition) is 1. The molecular formula is C19H32N2O2. The van der Waals surface area contributed by atoms with E-state index in [4.69, 9.17) is 9.47 Å². The molecule has 0 unspecified atom stereocenters. The highest BCUT2D eigenvalue weighted by Crippen LogP contribution is 2.24. The van der Waals surface area contributed by atoms with Gasteiger partial charge in [-0.2, -0.15) is 0 Å². The Labute approximate surface area is 141 Å². The highest BCUT2D eigenvalue weighted by Gasteiger charge is 2.18. The molecule has 0 amide bonds. The van der Waals surface area contributed by atoms with Crippen LogP contribution in [-0.2, 0) is 11.2 Å². The Bertz CT molecular complexity index is 483. The molecule has 0 atom stereocenters. The van der Waals surface area contributed by atoms with Gasteiger partial charge in [0.25, 0.3) is 0 Å². The Kier molecular flexibility index (Phi) is 7.34. The number of ether oxygens (including phenoxy) is 2. The monoisotopic (exact) mass is 320 g/mol.